The second kappa shape index (κ2) is 10.6. The highest BCUT2D eigenvalue weighted by Gasteiger charge is 2.15. The first kappa shape index (κ1) is 20.0. The zero-order valence-corrected chi connectivity index (χ0v) is 15.0. The molecule has 6 nitrogen and oxygen atoms in total. The van der Waals surface area contributed by atoms with E-state index in [1.54, 1.807) is 31.2 Å². The summed E-state index contributed by atoms with van der Waals surface area (Å²) in [6.07, 6.45) is 3.03. The number of benzene rings is 1. The molecule has 0 aliphatic rings. The summed E-state index contributed by atoms with van der Waals surface area (Å²) in [6.45, 7) is 3.09. The molecule has 1 aromatic rings. The van der Waals surface area contributed by atoms with Gasteiger partial charge in [-0.25, -0.2) is 9.59 Å². The van der Waals surface area contributed by atoms with Crippen LogP contribution < -0.4 is 5.32 Å². The van der Waals surface area contributed by atoms with Crippen LogP contribution in [0.4, 0.5) is 4.79 Å². The van der Waals surface area contributed by atoms with Gasteiger partial charge in [0.1, 0.15) is 0 Å². The van der Waals surface area contributed by atoms with Crippen LogP contribution in [0.2, 0.25) is 0 Å². The molecule has 24 heavy (non-hydrogen) atoms. The number of urea groups is 1. The van der Waals surface area contributed by atoms with E-state index < -0.39 is 0 Å². The van der Waals surface area contributed by atoms with Gasteiger partial charge in [-0.3, -0.25) is 0 Å². The molecular formula is C18H28N2O4. The predicted molar refractivity (Wildman–Crippen MR) is 93.0 cm³/mol. The van der Waals surface area contributed by atoms with Gasteiger partial charge in [-0.1, -0.05) is 31.9 Å². The second-order valence-corrected chi connectivity index (χ2v) is 5.79. The average molecular weight is 336 g/mol. The van der Waals surface area contributed by atoms with Gasteiger partial charge in [0, 0.05) is 20.7 Å². The van der Waals surface area contributed by atoms with E-state index in [0.717, 1.165) is 24.8 Å². The monoisotopic (exact) mass is 336 g/mol. The van der Waals surface area contributed by atoms with Crippen LogP contribution in [0, 0.1) is 0 Å². The van der Waals surface area contributed by atoms with Crippen molar-refractivity contribution in [3.8, 4) is 0 Å². The van der Waals surface area contributed by atoms with Crippen molar-refractivity contribution in [1.82, 2.24) is 10.2 Å². The fourth-order valence-electron chi connectivity index (χ4n) is 2.34. The molecule has 1 aromatic carbocycles. The van der Waals surface area contributed by atoms with Crippen LogP contribution >= 0.6 is 0 Å². The van der Waals surface area contributed by atoms with Crippen molar-refractivity contribution >= 4 is 12.0 Å². The van der Waals surface area contributed by atoms with Gasteiger partial charge < -0.3 is 19.7 Å². The third-order valence-electron chi connectivity index (χ3n) is 3.74. The zero-order chi connectivity index (χ0) is 17.9. The summed E-state index contributed by atoms with van der Waals surface area (Å²) >= 11 is 0. The Hall–Kier alpha value is -2.08. The summed E-state index contributed by atoms with van der Waals surface area (Å²) in [7, 11) is 4.73. The fourth-order valence-corrected chi connectivity index (χ4v) is 2.34. The molecule has 134 valence electrons. The van der Waals surface area contributed by atoms with Crippen molar-refractivity contribution in [2.75, 3.05) is 27.9 Å². The van der Waals surface area contributed by atoms with Crippen molar-refractivity contribution in [3.05, 3.63) is 35.4 Å². The number of carbonyl (C=O) groups is 2. The van der Waals surface area contributed by atoms with Crippen LogP contribution in [0.5, 0.6) is 0 Å². The minimum Gasteiger partial charge on any atom is -0.465 e. The SMILES string of the molecule is CCCCC(COC)NC(=O)N(C)Cc1ccc(C(=O)OC)cc1. The van der Waals surface area contributed by atoms with Gasteiger partial charge in [0.05, 0.1) is 25.3 Å². The van der Waals surface area contributed by atoms with Gasteiger partial charge in [-0.2, -0.15) is 0 Å². The molecule has 0 aliphatic carbocycles. The van der Waals surface area contributed by atoms with Crippen LogP contribution in [-0.2, 0) is 16.0 Å². The molecule has 0 aromatic heterocycles. The molecule has 0 saturated heterocycles. The maximum absolute atomic E-state index is 12.3. The van der Waals surface area contributed by atoms with E-state index in [0.29, 0.717) is 18.7 Å². The minimum atomic E-state index is -0.369. The van der Waals surface area contributed by atoms with E-state index >= 15 is 0 Å². The highest BCUT2D eigenvalue weighted by Crippen LogP contribution is 2.09. The maximum Gasteiger partial charge on any atom is 0.337 e. The van der Waals surface area contributed by atoms with Crippen LogP contribution in [0.25, 0.3) is 0 Å². The molecule has 0 saturated carbocycles. The third kappa shape index (κ3) is 6.58. The lowest BCUT2D eigenvalue weighted by molar-refractivity contribution is 0.0600. The third-order valence-corrected chi connectivity index (χ3v) is 3.74. The van der Waals surface area contributed by atoms with Crippen molar-refractivity contribution in [3.63, 3.8) is 0 Å². The Kier molecular flexibility index (Phi) is 8.86. The molecule has 0 bridgehead atoms. The van der Waals surface area contributed by atoms with E-state index in [4.69, 9.17) is 4.74 Å². The van der Waals surface area contributed by atoms with Crippen molar-refractivity contribution in [1.29, 1.82) is 0 Å². The fraction of sp³-hybridized carbons (Fsp3) is 0.556. The smallest absolute Gasteiger partial charge is 0.337 e. The Morgan fingerprint density at radius 2 is 1.88 bits per heavy atom. The second-order valence-electron chi connectivity index (χ2n) is 5.79. The Morgan fingerprint density at radius 1 is 1.21 bits per heavy atom. The molecule has 1 rings (SSSR count). The Bertz CT molecular complexity index is 516. The lowest BCUT2D eigenvalue weighted by atomic mass is 10.1. The van der Waals surface area contributed by atoms with E-state index in [1.165, 1.54) is 7.11 Å². The molecule has 1 unspecified atom stereocenters. The molecule has 2 amide bonds. The summed E-state index contributed by atoms with van der Waals surface area (Å²) < 4.78 is 9.84. The zero-order valence-electron chi connectivity index (χ0n) is 15.0. The van der Waals surface area contributed by atoms with E-state index in [9.17, 15) is 9.59 Å². The molecule has 0 heterocycles. The minimum absolute atomic E-state index is 0.0200. The molecule has 0 fully saturated rings. The molecule has 0 radical (unpaired) electrons. The molecule has 1 atom stereocenters. The lowest BCUT2D eigenvalue weighted by Gasteiger charge is -2.23. The Balaban J connectivity index is 2.57. The van der Waals surface area contributed by atoms with Gasteiger partial charge in [0.2, 0.25) is 0 Å². The standard InChI is InChI=1S/C18H28N2O4/c1-5-6-7-16(13-23-3)19-18(22)20(2)12-14-8-10-15(11-9-14)17(21)24-4/h8-11,16H,5-7,12-13H2,1-4H3,(H,19,22). The number of esters is 1. The van der Waals surface area contributed by atoms with Gasteiger partial charge in [0.15, 0.2) is 0 Å². The summed E-state index contributed by atoms with van der Waals surface area (Å²) in [5, 5.41) is 3.00. The maximum atomic E-state index is 12.3. The number of hydrogen-bond acceptors (Lipinski definition) is 4. The first-order valence-corrected chi connectivity index (χ1v) is 8.19. The number of hydrogen-bond donors (Lipinski definition) is 1. The van der Waals surface area contributed by atoms with Gasteiger partial charge in [-0.05, 0) is 24.1 Å². The van der Waals surface area contributed by atoms with Crippen LogP contribution in [0.15, 0.2) is 24.3 Å². The number of unbranched alkanes of at least 4 members (excludes halogenated alkanes) is 1. The molecule has 1 N–H and O–H groups in total. The quantitative estimate of drug-likeness (QED) is 0.704. The van der Waals surface area contributed by atoms with Crippen molar-refractivity contribution in [2.45, 2.75) is 38.8 Å². The number of amides is 2. The topological polar surface area (TPSA) is 67.9 Å². The van der Waals surface area contributed by atoms with Crippen molar-refractivity contribution in [2.24, 2.45) is 0 Å². The highest BCUT2D eigenvalue weighted by atomic mass is 16.5. The number of rotatable bonds is 9. The molecule has 0 aliphatic heterocycles. The van der Waals surface area contributed by atoms with Crippen LogP contribution in [-0.4, -0.2) is 50.8 Å². The lowest BCUT2D eigenvalue weighted by Crippen LogP contribution is -2.44. The highest BCUT2D eigenvalue weighted by molar-refractivity contribution is 5.89. The summed E-state index contributed by atoms with van der Waals surface area (Å²) in [6, 6.07) is 6.92. The number of nitrogens with one attached hydrogen (secondary N) is 1. The van der Waals surface area contributed by atoms with Crippen LogP contribution in [0.1, 0.15) is 42.1 Å². The number of methoxy groups -OCH3 is 2. The van der Waals surface area contributed by atoms with Crippen molar-refractivity contribution < 1.29 is 19.1 Å². The first-order valence-electron chi connectivity index (χ1n) is 8.19. The number of carbonyl (C=O) groups excluding carboxylic acids is 2. The average Bonchev–Trinajstić information content (AvgIpc) is 2.59. The summed E-state index contributed by atoms with van der Waals surface area (Å²) in [4.78, 5) is 25.3. The summed E-state index contributed by atoms with van der Waals surface area (Å²) in [5.74, 6) is -0.369. The van der Waals surface area contributed by atoms with Crippen LogP contribution in [0.3, 0.4) is 0 Å². The van der Waals surface area contributed by atoms with Gasteiger partial charge >= 0.3 is 12.0 Å². The largest absolute Gasteiger partial charge is 0.465 e. The molecule has 0 spiro atoms. The predicted octanol–water partition coefficient (Wildman–Crippen LogP) is 2.82. The number of ether oxygens (including phenoxy) is 2. The van der Waals surface area contributed by atoms with Gasteiger partial charge in [-0.15, -0.1) is 0 Å². The molecule has 6 heteroatoms. The van der Waals surface area contributed by atoms with E-state index in [2.05, 4.69) is 17.0 Å². The number of nitrogens with zero attached hydrogens (tertiary/aromatic N) is 1. The Labute approximate surface area is 144 Å². The first-order chi connectivity index (χ1) is 11.5. The van der Waals surface area contributed by atoms with E-state index in [-0.39, 0.29) is 18.0 Å². The van der Waals surface area contributed by atoms with E-state index in [1.807, 2.05) is 12.1 Å². The summed E-state index contributed by atoms with van der Waals surface area (Å²) in [5.41, 5.74) is 1.44. The van der Waals surface area contributed by atoms with Gasteiger partial charge in [0.25, 0.3) is 0 Å². The normalized spacial score (nSPS) is 11.7. The molecular weight excluding hydrogens is 308 g/mol. The Morgan fingerprint density at radius 3 is 2.42 bits per heavy atom.